The molecule has 0 aromatic heterocycles. The summed E-state index contributed by atoms with van der Waals surface area (Å²) in [7, 11) is 2.09. The Morgan fingerprint density at radius 3 is 2.59 bits per heavy atom. The number of anilines is 1. The van der Waals surface area contributed by atoms with Crippen molar-refractivity contribution in [2.75, 3.05) is 45.1 Å². The molecule has 0 saturated carbocycles. The summed E-state index contributed by atoms with van der Waals surface area (Å²) in [6, 6.07) is 7.86. The van der Waals surface area contributed by atoms with E-state index in [9.17, 15) is 4.79 Å². The molecule has 1 amide bonds. The molecule has 0 atom stereocenters. The molecule has 1 N–H and O–H groups in total. The molecular formula is C17H27N3O2. The van der Waals surface area contributed by atoms with Crippen LogP contribution in [0.25, 0.3) is 0 Å². The first-order valence-electron chi connectivity index (χ1n) is 8.02. The molecule has 2 rings (SSSR count). The summed E-state index contributed by atoms with van der Waals surface area (Å²) in [5.74, 6) is 1.06. The fourth-order valence-corrected chi connectivity index (χ4v) is 2.49. The molecule has 1 fully saturated rings. The predicted molar refractivity (Wildman–Crippen MR) is 89.4 cm³/mol. The number of piperazine rings is 1. The topological polar surface area (TPSA) is 44.8 Å². The van der Waals surface area contributed by atoms with Crippen molar-refractivity contribution in [2.45, 2.75) is 26.4 Å². The zero-order valence-corrected chi connectivity index (χ0v) is 13.8. The molecule has 1 aromatic rings. The second kappa shape index (κ2) is 8.03. The van der Waals surface area contributed by atoms with Crippen molar-refractivity contribution in [2.24, 2.45) is 0 Å². The molecule has 1 aromatic carbocycles. The normalized spacial score (nSPS) is 15.9. The van der Waals surface area contributed by atoms with E-state index in [-0.39, 0.29) is 12.0 Å². The van der Waals surface area contributed by atoms with Crippen LogP contribution < -0.4 is 10.1 Å². The van der Waals surface area contributed by atoms with Gasteiger partial charge in [-0.1, -0.05) is 12.1 Å². The minimum Gasteiger partial charge on any atom is -0.489 e. The molecule has 0 aliphatic carbocycles. The van der Waals surface area contributed by atoms with Gasteiger partial charge in [0.15, 0.2) is 0 Å². The molecule has 22 heavy (non-hydrogen) atoms. The van der Waals surface area contributed by atoms with Gasteiger partial charge in [0.05, 0.1) is 11.8 Å². The number of benzene rings is 1. The Balaban J connectivity index is 1.80. The van der Waals surface area contributed by atoms with Crippen molar-refractivity contribution in [3.63, 3.8) is 0 Å². The first-order valence-corrected chi connectivity index (χ1v) is 8.02. The lowest BCUT2D eigenvalue weighted by molar-refractivity contribution is -0.132. The molecule has 1 saturated heterocycles. The van der Waals surface area contributed by atoms with Crippen molar-refractivity contribution in [1.29, 1.82) is 0 Å². The minimum absolute atomic E-state index is 0.134. The summed E-state index contributed by atoms with van der Waals surface area (Å²) in [6.07, 6.45) is 0.648. The van der Waals surface area contributed by atoms with Crippen LogP contribution in [0.2, 0.25) is 0 Å². The van der Waals surface area contributed by atoms with Crippen molar-refractivity contribution >= 4 is 11.6 Å². The molecule has 5 nitrogen and oxygen atoms in total. The predicted octanol–water partition coefficient (Wildman–Crippen LogP) is 2.05. The van der Waals surface area contributed by atoms with Crippen molar-refractivity contribution < 1.29 is 9.53 Å². The maximum Gasteiger partial charge on any atom is 0.224 e. The Labute approximate surface area is 133 Å². The highest BCUT2D eigenvalue weighted by Crippen LogP contribution is 2.24. The molecule has 0 unspecified atom stereocenters. The van der Waals surface area contributed by atoms with E-state index in [1.807, 2.05) is 43.0 Å². The first-order chi connectivity index (χ1) is 10.6. The largest absolute Gasteiger partial charge is 0.489 e. The standard InChI is InChI=1S/C17H27N3O2/c1-14(2)22-16-7-5-4-6-15(16)18-9-8-17(21)20-12-10-19(3)11-13-20/h4-7,14,18H,8-13H2,1-3H3. The van der Waals surface area contributed by atoms with Crippen LogP contribution in [0.15, 0.2) is 24.3 Å². The molecule has 1 aliphatic heterocycles. The van der Waals surface area contributed by atoms with Crippen LogP contribution in [0.3, 0.4) is 0 Å². The number of nitrogens with one attached hydrogen (secondary N) is 1. The molecule has 122 valence electrons. The Morgan fingerprint density at radius 1 is 1.23 bits per heavy atom. The van der Waals surface area contributed by atoms with E-state index in [4.69, 9.17) is 4.74 Å². The molecule has 5 heteroatoms. The van der Waals surface area contributed by atoms with Crippen LogP contribution in [-0.4, -0.2) is 61.6 Å². The average molecular weight is 305 g/mol. The lowest BCUT2D eigenvalue weighted by Crippen LogP contribution is -2.47. The zero-order chi connectivity index (χ0) is 15.9. The van der Waals surface area contributed by atoms with Gasteiger partial charge in [-0.25, -0.2) is 0 Å². The van der Waals surface area contributed by atoms with Crippen LogP contribution >= 0.6 is 0 Å². The van der Waals surface area contributed by atoms with Gasteiger partial charge >= 0.3 is 0 Å². The van der Waals surface area contributed by atoms with E-state index in [2.05, 4.69) is 17.3 Å². The highest BCUT2D eigenvalue weighted by molar-refractivity contribution is 5.77. The van der Waals surface area contributed by atoms with Crippen molar-refractivity contribution in [1.82, 2.24) is 9.80 Å². The summed E-state index contributed by atoms with van der Waals surface area (Å²) in [4.78, 5) is 16.4. The second-order valence-electron chi connectivity index (χ2n) is 6.02. The highest BCUT2D eigenvalue weighted by atomic mass is 16.5. The number of nitrogens with zero attached hydrogens (tertiary/aromatic N) is 2. The van der Waals surface area contributed by atoms with Gasteiger partial charge in [-0.05, 0) is 33.0 Å². The third-order valence-electron chi connectivity index (χ3n) is 3.76. The number of amides is 1. The average Bonchev–Trinajstić information content (AvgIpc) is 2.49. The summed E-state index contributed by atoms with van der Waals surface area (Å²) >= 11 is 0. The number of rotatable bonds is 6. The number of likely N-dealkylation sites (N-methyl/N-ethyl adjacent to an activating group) is 1. The number of hydrogen-bond donors (Lipinski definition) is 1. The second-order valence-corrected chi connectivity index (χ2v) is 6.02. The van der Waals surface area contributed by atoms with E-state index in [1.165, 1.54) is 0 Å². The van der Waals surface area contributed by atoms with E-state index >= 15 is 0 Å². The molecule has 1 aliphatic rings. The number of ether oxygens (including phenoxy) is 1. The monoisotopic (exact) mass is 305 g/mol. The number of para-hydroxylation sites is 2. The molecule has 0 bridgehead atoms. The molecular weight excluding hydrogens is 278 g/mol. The molecule has 0 spiro atoms. The third-order valence-corrected chi connectivity index (χ3v) is 3.76. The fraction of sp³-hybridized carbons (Fsp3) is 0.588. The van der Waals surface area contributed by atoms with Crippen LogP contribution in [0.1, 0.15) is 20.3 Å². The van der Waals surface area contributed by atoms with E-state index in [1.54, 1.807) is 0 Å². The van der Waals surface area contributed by atoms with Crippen LogP contribution in [0, 0.1) is 0 Å². The SMILES string of the molecule is CC(C)Oc1ccccc1NCCC(=O)N1CCN(C)CC1. The Kier molecular flexibility index (Phi) is 6.07. The number of carbonyl (C=O) groups excluding carboxylic acids is 1. The quantitative estimate of drug-likeness (QED) is 0.874. The minimum atomic E-state index is 0.134. The smallest absolute Gasteiger partial charge is 0.224 e. The van der Waals surface area contributed by atoms with Gasteiger partial charge < -0.3 is 19.9 Å². The van der Waals surface area contributed by atoms with Crippen molar-refractivity contribution in [3.05, 3.63) is 24.3 Å². The highest BCUT2D eigenvalue weighted by Gasteiger charge is 2.18. The van der Waals surface area contributed by atoms with E-state index in [0.717, 1.165) is 37.6 Å². The number of carbonyl (C=O) groups is 1. The van der Waals surface area contributed by atoms with Gasteiger partial charge in [0, 0.05) is 39.1 Å². The lowest BCUT2D eigenvalue weighted by Gasteiger charge is -2.32. The maximum atomic E-state index is 12.2. The molecule has 1 heterocycles. The fourth-order valence-electron chi connectivity index (χ4n) is 2.49. The summed E-state index contributed by atoms with van der Waals surface area (Å²) in [6.45, 7) is 8.24. The van der Waals surface area contributed by atoms with Gasteiger partial charge in [-0.2, -0.15) is 0 Å². The van der Waals surface area contributed by atoms with Gasteiger partial charge in [-0.3, -0.25) is 4.79 Å². The van der Waals surface area contributed by atoms with Gasteiger partial charge in [0.2, 0.25) is 5.91 Å². The Morgan fingerprint density at radius 2 is 1.91 bits per heavy atom. The Bertz CT molecular complexity index is 483. The van der Waals surface area contributed by atoms with Gasteiger partial charge in [0.25, 0.3) is 0 Å². The van der Waals surface area contributed by atoms with Crippen LogP contribution in [0.5, 0.6) is 5.75 Å². The van der Waals surface area contributed by atoms with Crippen molar-refractivity contribution in [3.8, 4) is 5.75 Å². The zero-order valence-electron chi connectivity index (χ0n) is 13.8. The van der Waals surface area contributed by atoms with Gasteiger partial charge in [-0.15, -0.1) is 0 Å². The third kappa shape index (κ3) is 4.91. The Hall–Kier alpha value is -1.75. The van der Waals surface area contributed by atoms with Crippen LogP contribution in [0.4, 0.5) is 5.69 Å². The lowest BCUT2D eigenvalue weighted by atomic mass is 10.2. The van der Waals surface area contributed by atoms with E-state index in [0.29, 0.717) is 13.0 Å². The van der Waals surface area contributed by atoms with E-state index < -0.39 is 0 Å². The number of hydrogen-bond acceptors (Lipinski definition) is 4. The first kappa shape index (κ1) is 16.6. The summed E-state index contributed by atoms with van der Waals surface area (Å²) in [5.41, 5.74) is 0.947. The van der Waals surface area contributed by atoms with Gasteiger partial charge in [0.1, 0.15) is 5.75 Å². The summed E-state index contributed by atoms with van der Waals surface area (Å²) in [5, 5.41) is 3.31. The van der Waals surface area contributed by atoms with Crippen LogP contribution in [-0.2, 0) is 4.79 Å². The maximum absolute atomic E-state index is 12.2. The molecule has 0 radical (unpaired) electrons. The summed E-state index contributed by atoms with van der Waals surface area (Å²) < 4.78 is 5.77.